The summed E-state index contributed by atoms with van der Waals surface area (Å²) in [7, 11) is 0. The van der Waals surface area contributed by atoms with Crippen LogP contribution < -0.4 is 5.73 Å². The average molecular weight is 260 g/mol. The molecule has 0 fully saturated rings. The van der Waals surface area contributed by atoms with Crippen LogP contribution in [0.5, 0.6) is 0 Å². The van der Waals surface area contributed by atoms with Crippen molar-refractivity contribution in [3.8, 4) is 0 Å². The molecule has 0 radical (unpaired) electrons. The highest BCUT2D eigenvalue weighted by Crippen LogP contribution is 2.22. The minimum Gasteiger partial charge on any atom is -0.441 e. The summed E-state index contributed by atoms with van der Waals surface area (Å²) in [5, 5.41) is 0. The van der Waals surface area contributed by atoms with Crippen LogP contribution in [0.3, 0.4) is 0 Å². The molecule has 0 aliphatic heterocycles. The van der Waals surface area contributed by atoms with Gasteiger partial charge in [0.05, 0.1) is 5.69 Å². The molecular weight excluding hydrogens is 236 g/mol. The van der Waals surface area contributed by atoms with Crippen molar-refractivity contribution >= 4 is 16.8 Å². The van der Waals surface area contributed by atoms with Gasteiger partial charge in [-0.25, -0.2) is 4.98 Å². The number of nitrogens with zero attached hydrogens (tertiary/aromatic N) is 1. The maximum Gasteiger partial charge on any atom is 0.195 e. The molecular formula is C16H24N2O. The monoisotopic (exact) mass is 260 g/mol. The molecule has 1 aromatic carbocycles. The quantitative estimate of drug-likeness (QED) is 0.552. The van der Waals surface area contributed by atoms with Gasteiger partial charge in [-0.3, -0.25) is 0 Å². The number of rotatable bonds is 8. The lowest BCUT2D eigenvalue weighted by molar-refractivity contribution is 0.504. The number of oxazole rings is 1. The Balaban J connectivity index is 1.74. The number of hydrogen-bond acceptors (Lipinski definition) is 3. The van der Waals surface area contributed by atoms with E-state index in [9.17, 15) is 0 Å². The smallest absolute Gasteiger partial charge is 0.195 e. The molecule has 1 aromatic heterocycles. The molecule has 1 heterocycles. The molecule has 19 heavy (non-hydrogen) atoms. The maximum atomic E-state index is 5.87. The van der Waals surface area contributed by atoms with Crippen molar-refractivity contribution in [3.05, 3.63) is 24.1 Å². The number of anilines is 1. The Morgan fingerprint density at radius 2 is 1.79 bits per heavy atom. The minimum absolute atomic E-state index is 0.701. The van der Waals surface area contributed by atoms with Crippen molar-refractivity contribution in [2.24, 2.45) is 0 Å². The molecule has 104 valence electrons. The molecule has 0 saturated heterocycles. The molecule has 0 atom stereocenters. The Morgan fingerprint density at radius 3 is 2.53 bits per heavy atom. The normalized spacial score (nSPS) is 11.2. The Kier molecular flexibility index (Phi) is 5.25. The van der Waals surface area contributed by atoms with E-state index in [4.69, 9.17) is 10.2 Å². The van der Waals surface area contributed by atoms with Gasteiger partial charge in [-0.2, -0.15) is 0 Å². The van der Waals surface area contributed by atoms with Gasteiger partial charge in [0.25, 0.3) is 0 Å². The molecule has 0 saturated carbocycles. The van der Waals surface area contributed by atoms with E-state index in [0.29, 0.717) is 5.69 Å². The van der Waals surface area contributed by atoms with E-state index in [1.165, 1.54) is 38.5 Å². The number of nitrogens with two attached hydrogens (primary N) is 1. The van der Waals surface area contributed by atoms with E-state index < -0.39 is 0 Å². The number of aromatic nitrogens is 1. The fraction of sp³-hybridized carbons (Fsp3) is 0.562. The number of fused-ring (bicyclic) bond motifs is 1. The summed E-state index contributed by atoms with van der Waals surface area (Å²) in [6.45, 7) is 2.25. The summed E-state index contributed by atoms with van der Waals surface area (Å²) < 4.78 is 5.70. The zero-order valence-corrected chi connectivity index (χ0v) is 11.8. The highest BCUT2D eigenvalue weighted by atomic mass is 16.3. The molecule has 2 aromatic rings. The van der Waals surface area contributed by atoms with Crippen molar-refractivity contribution in [2.75, 3.05) is 5.73 Å². The van der Waals surface area contributed by atoms with Gasteiger partial charge in [0.15, 0.2) is 11.5 Å². The second kappa shape index (κ2) is 7.17. The Labute approximate surface area is 115 Å². The third-order valence-corrected chi connectivity index (χ3v) is 3.49. The minimum atomic E-state index is 0.701. The third kappa shape index (κ3) is 3.98. The van der Waals surface area contributed by atoms with E-state index in [2.05, 4.69) is 11.9 Å². The van der Waals surface area contributed by atoms with Crippen LogP contribution >= 0.6 is 0 Å². The number of para-hydroxylation sites is 1. The van der Waals surface area contributed by atoms with E-state index in [1.54, 1.807) is 0 Å². The Bertz CT molecular complexity index is 504. The number of hydrogen-bond donors (Lipinski definition) is 1. The number of unbranched alkanes of at least 4 members (excludes halogenated alkanes) is 6. The van der Waals surface area contributed by atoms with Crippen LogP contribution in [0.25, 0.3) is 11.1 Å². The highest BCUT2D eigenvalue weighted by Gasteiger charge is 2.07. The van der Waals surface area contributed by atoms with Crippen LogP contribution in [-0.4, -0.2) is 4.98 Å². The van der Waals surface area contributed by atoms with E-state index >= 15 is 0 Å². The molecule has 2 rings (SSSR count). The lowest BCUT2D eigenvalue weighted by Gasteiger charge is -1.99. The summed E-state index contributed by atoms with van der Waals surface area (Å²) >= 11 is 0. The van der Waals surface area contributed by atoms with Crippen LogP contribution in [0.4, 0.5) is 5.69 Å². The maximum absolute atomic E-state index is 5.87. The Morgan fingerprint density at radius 1 is 1.05 bits per heavy atom. The average Bonchev–Trinajstić information content (AvgIpc) is 2.82. The van der Waals surface area contributed by atoms with E-state index in [-0.39, 0.29) is 0 Å². The van der Waals surface area contributed by atoms with Gasteiger partial charge in [0.1, 0.15) is 5.52 Å². The summed E-state index contributed by atoms with van der Waals surface area (Å²) in [6, 6.07) is 5.69. The Hall–Kier alpha value is -1.51. The summed E-state index contributed by atoms with van der Waals surface area (Å²) in [5.74, 6) is 0.821. The van der Waals surface area contributed by atoms with Crippen molar-refractivity contribution in [3.63, 3.8) is 0 Å². The first-order valence-electron chi connectivity index (χ1n) is 7.45. The topological polar surface area (TPSA) is 52.0 Å². The number of nitrogen functional groups attached to an aromatic ring is 1. The lowest BCUT2D eigenvalue weighted by Crippen LogP contribution is -1.88. The molecule has 3 nitrogen and oxygen atoms in total. The molecule has 0 spiro atoms. The van der Waals surface area contributed by atoms with Gasteiger partial charge in [0.2, 0.25) is 0 Å². The van der Waals surface area contributed by atoms with Crippen LogP contribution in [-0.2, 0) is 6.42 Å². The largest absolute Gasteiger partial charge is 0.441 e. The predicted octanol–water partition coefficient (Wildman–Crippen LogP) is 4.70. The first kappa shape index (κ1) is 13.9. The molecule has 2 N–H and O–H groups in total. The standard InChI is InChI=1S/C16H24N2O/c1-2-3-4-5-6-7-8-12-15-18-16-13(17)10-9-11-14(16)19-15/h9-11H,2-8,12,17H2,1H3. The molecule has 0 aliphatic carbocycles. The van der Waals surface area contributed by atoms with Gasteiger partial charge in [0, 0.05) is 6.42 Å². The fourth-order valence-electron chi connectivity index (χ4n) is 2.36. The van der Waals surface area contributed by atoms with Crippen LogP contribution in [0.2, 0.25) is 0 Å². The SMILES string of the molecule is CCCCCCCCCc1nc2c(N)cccc2o1. The molecule has 0 unspecified atom stereocenters. The van der Waals surface area contributed by atoms with Crippen LogP contribution in [0.15, 0.2) is 22.6 Å². The van der Waals surface area contributed by atoms with Gasteiger partial charge in [-0.05, 0) is 18.6 Å². The van der Waals surface area contributed by atoms with Gasteiger partial charge in [-0.15, -0.1) is 0 Å². The number of benzene rings is 1. The van der Waals surface area contributed by atoms with Gasteiger partial charge in [-0.1, -0.05) is 51.5 Å². The first-order valence-corrected chi connectivity index (χ1v) is 7.45. The third-order valence-electron chi connectivity index (χ3n) is 3.49. The zero-order valence-electron chi connectivity index (χ0n) is 11.8. The van der Waals surface area contributed by atoms with Gasteiger partial charge >= 0.3 is 0 Å². The molecule has 3 heteroatoms. The number of aryl methyl sites for hydroxylation is 1. The van der Waals surface area contributed by atoms with Crippen molar-refractivity contribution in [2.45, 2.75) is 58.3 Å². The highest BCUT2D eigenvalue weighted by molar-refractivity contribution is 5.85. The summed E-state index contributed by atoms with van der Waals surface area (Å²) in [5.41, 5.74) is 8.18. The van der Waals surface area contributed by atoms with E-state index in [1.807, 2.05) is 18.2 Å². The predicted molar refractivity (Wildman–Crippen MR) is 80.1 cm³/mol. The van der Waals surface area contributed by atoms with Gasteiger partial charge < -0.3 is 10.2 Å². The van der Waals surface area contributed by atoms with Crippen LogP contribution in [0.1, 0.15) is 57.8 Å². The molecule has 0 amide bonds. The zero-order chi connectivity index (χ0) is 13.5. The van der Waals surface area contributed by atoms with Crippen LogP contribution in [0, 0.1) is 0 Å². The summed E-state index contributed by atoms with van der Waals surface area (Å²) in [4.78, 5) is 4.47. The van der Waals surface area contributed by atoms with Crippen molar-refractivity contribution < 1.29 is 4.42 Å². The van der Waals surface area contributed by atoms with Crippen molar-refractivity contribution in [1.82, 2.24) is 4.98 Å². The second-order valence-electron chi connectivity index (χ2n) is 5.17. The summed E-state index contributed by atoms with van der Waals surface area (Å²) in [6.07, 6.45) is 10.1. The van der Waals surface area contributed by atoms with Crippen molar-refractivity contribution in [1.29, 1.82) is 0 Å². The molecule has 0 aliphatic rings. The fourth-order valence-corrected chi connectivity index (χ4v) is 2.36. The second-order valence-corrected chi connectivity index (χ2v) is 5.17. The lowest BCUT2D eigenvalue weighted by atomic mass is 10.1. The molecule has 0 bridgehead atoms. The first-order chi connectivity index (χ1) is 9.31. The van der Waals surface area contributed by atoms with E-state index in [0.717, 1.165) is 29.8 Å².